The number of rotatable bonds is 4. The number of carbonyl (C=O) groups is 1. The average Bonchev–Trinajstić information content (AvgIpc) is 2.85. The van der Waals surface area contributed by atoms with E-state index in [0.717, 1.165) is 25.9 Å². The van der Waals surface area contributed by atoms with Crippen LogP contribution in [-0.2, 0) is 18.3 Å². The van der Waals surface area contributed by atoms with Crippen molar-refractivity contribution in [2.75, 3.05) is 13.1 Å². The zero-order valence-electron chi connectivity index (χ0n) is 12.8. The normalized spacial score (nSPS) is 15.6. The quantitative estimate of drug-likeness (QED) is 0.843. The van der Waals surface area contributed by atoms with Crippen LogP contribution in [0.2, 0.25) is 0 Å². The monoisotopic (exact) mass is 284 g/mol. The summed E-state index contributed by atoms with van der Waals surface area (Å²) in [5, 5.41) is 1.32. The minimum atomic E-state index is 0.343. The predicted octanol–water partition coefficient (Wildman–Crippen LogP) is 3.51. The highest BCUT2D eigenvalue weighted by atomic mass is 16.2. The summed E-state index contributed by atoms with van der Waals surface area (Å²) in [5.41, 5.74) is 2.63. The molecule has 1 aromatic heterocycles. The predicted molar refractivity (Wildman–Crippen MR) is 86.3 cm³/mol. The zero-order valence-corrected chi connectivity index (χ0v) is 12.8. The Balaban J connectivity index is 1.58. The summed E-state index contributed by atoms with van der Waals surface area (Å²) in [5.74, 6) is 0.343. The van der Waals surface area contributed by atoms with Crippen molar-refractivity contribution >= 4 is 16.8 Å². The van der Waals surface area contributed by atoms with Crippen LogP contribution in [0.25, 0.3) is 10.9 Å². The number of aromatic nitrogens is 1. The number of para-hydroxylation sites is 1. The van der Waals surface area contributed by atoms with Gasteiger partial charge in [-0.15, -0.1) is 0 Å². The minimum absolute atomic E-state index is 0.343. The van der Waals surface area contributed by atoms with Crippen molar-refractivity contribution in [3.63, 3.8) is 0 Å². The molecule has 1 aliphatic rings. The second kappa shape index (κ2) is 6.33. The van der Waals surface area contributed by atoms with Gasteiger partial charge in [0.2, 0.25) is 5.91 Å². The van der Waals surface area contributed by atoms with Crippen LogP contribution >= 0.6 is 0 Å². The van der Waals surface area contributed by atoms with E-state index in [2.05, 4.69) is 42.1 Å². The summed E-state index contributed by atoms with van der Waals surface area (Å²) >= 11 is 0. The first-order valence-electron chi connectivity index (χ1n) is 8.06. The fourth-order valence-corrected chi connectivity index (χ4v) is 3.36. The van der Waals surface area contributed by atoms with E-state index >= 15 is 0 Å². The number of aryl methyl sites for hydroxylation is 2. The SMILES string of the molecule is Cn1cc(CCCC(=O)N2CCCCC2)c2ccccc21. The smallest absolute Gasteiger partial charge is 0.222 e. The molecule has 112 valence electrons. The molecule has 1 fully saturated rings. The minimum Gasteiger partial charge on any atom is -0.350 e. The van der Waals surface area contributed by atoms with Gasteiger partial charge in [0.15, 0.2) is 0 Å². The number of piperidine rings is 1. The molecule has 3 rings (SSSR count). The Morgan fingerprint density at radius 3 is 2.71 bits per heavy atom. The molecule has 2 aromatic rings. The van der Waals surface area contributed by atoms with Crippen LogP contribution in [0.4, 0.5) is 0 Å². The maximum Gasteiger partial charge on any atom is 0.222 e. The van der Waals surface area contributed by atoms with Crippen molar-refractivity contribution in [2.45, 2.75) is 38.5 Å². The average molecular weight is 284 g/mol. The molecule has 1 saturated heterocycles. The largest absolute Gasteiger partial charge is 0.350 e. The van der Waals surface area contributed by atoms with E-state index in [4.69, 9.17) is 0 Å². The second-order valence-electron chi connectivity index (χ2n) is 6.08. The van der Waals surface area contributed by atoms with E-state index in [9.17, 15) is 4.79 Å². The molecule has 0 radical (unpaired) electrons. The molecule has 0 atom stereocenters. The van der Waals surface area contributed by atoms with Gasteiger partial charge in [0.05, 0.1) is 0 Å². The van der Waals surface area contributed by atoms with Crippen LogP contribution in [-0.4, -0.2) is 28.5 Å². The molecule has 1 amide bonds. The lowest BCUT2D eigenvalue weighted by atomic mass is 10.1. The van der Waals surface area contributed by atoms with Crippen molar-refractivity contribution in [1.82, 2.24) is 9.47 Å². The summed E-state index contributed by atoms with van der Waals surface area (Å²) in [4.78, 5) is 14.2. The Hall–Kier alpha value is -1.77. The van der Waals surface area contributed by atoms with Gasteiger partial charge in [0.25, 0.3) is 0 Å². The van der Waals surface area contributed by atoms with Crippen molar-refractivity contribution in [3.8, 4) is 0 Å². The lowest BCUT2D eigenvalue weighted by Crippen LogP contribution is -2.35. The first-order valence-corrected chi connectivity index (χ1v) is 8.06. The van der Waals surface area contributed by atoms with Crippen LogP contribution in [0, 0.1) is 0 Å². The molecule has 3 nitrogen and oxygen atoms in total. The van der Waals surface area contributed by atoms with Crippen molar-refractivity contribution in [3.05, 3.63) is 36.0 Å². The van der Waals surface area contributed by atoms with E-state index in [0.29, 0.717) is 12.3 Å². The van der Waals surface area contributed by atoms with Crippen LogP contribution in [0.5, 0.6) is 0 Å². The Morgan fingerprint density at radius 1 is 1.14 bits per heavy atom. The van der Waals surface area contributed by atoms with Gasteiger partial charge in [0, 0.05) is 43.7 Å². The lowest BCUT2D eigenvalue weighted by molar-refractivity contribution is -0.132. The molecule has 0 unspecified atom stereocenters. The number of benzene rings is 1. The summed E-state index contributed by atoms with van der Waals surface area (Å²) in [7, 11) is 2.09. The maximum absolute atomic E-state index is 12.2. The summed E-state index contributed by atoms with van der Waals surface area (Å²) in [6.45, 7) is 1.93. The fourth-order valence-electron chi connectivity index (χ4n) is 3.36. The zero-order chi connectivity index (χ0) is 14.7. The van der Waals surface area contributed by atoms with Gasteiger partial charge in [-0.05, 0) is 43.7 Å². The maximum atomic E-state index is 12.2. The van der Waals surface area contributed by atoms with Crippen LogP contribution in [0.15, 0.2) is 30.5 Å². The third-order valence-electron chi connectivity index (χ3n) is 4.53. The van der Waals surface area contributed by atoms with E-state index in [-0.39, 0.29) is 0 Å². The number of hydrogen-bond acceptors (Lipinski definition) is 1. The molecule has 0 aliphatic carbocycles. The topological polar surface area (TPSA) is 25.2 Å². The molecule has 21 heavy (non-hydrogen) atoms. The Kier molecular flexibility index (Phi) is 4.28. The van der Waals surface area contributed by atoms with Gasteiger partial charge in [-0.3, -0.25) is 4.79 Å². The number of likely N-dealkylation sites (tertiary alicyclic amines) is 1. The molecule has 0 bridgehead atoms. The molecule has 1 aromatic carbocycles. The van der Waals surface area contributed by atoms with Crippen molar-refractivity contribution in [2.24, 2.45) is 7.05 Å². The Morgan fingerprint density at radius 2 is 1.90 bits per heavy atom. The summed E-state index contributed by atoms with van der Waals surface area (Å²) in [6.07, 6.45) is 8.45. The lowest BCUT2D eigenvalue weighted by Gasteiger charge is -2.26. The van der Waals surface area contributed by atoms with Crippen LogP contribution < -0.4 is 0 Å². The highest BCUT2D eigenvalue weighted by Gasteiger charge is 2.16. The molecule has 3 heteroatoms. The first kappa shape index (κ1) is 14.2. The molecular weight excluding hydrogens is 260 g/mol. The fraction of sp³-hybridized carbons (Fsp3) is 0.500. The molecule has 1 aliphatic heterocycles. The second-order valence-corrected chi connectivity index (χ2v) is 6.08. The van der Waals surface area contributed by atoms with Crippen molar-refractivity contribution in [1.29, 1.82) is 0 Å². The Labute approximate surface area is 126 Å². The van der Waals surface area contributed by atoms with E-state index in [1.807, 2.05) is 4.90 Å². The van der Waals surface area contributed by atoms with Gasteiger partial charge < -0.3 is 9.47 Å². The van der Waals surface area contributed by atoms with Gasteiger partial charge in [-0.25, -0.2) is 0 Å². The summed E-state index contributed by atoms with van der Waals surface area (Å²) < 4.78 is 2.18. The van der Waals surface area contributed by atoms with Gasteiger partial charge in [-0.1, -0.05) is 18.2 Å². The molecule has 0 N–H and O–H groups in total. The molecule has 0 spiro atoms. The summed E-state index contributed by atoms with van der Waals surface area (Å²) in [6, 6.07) is 8.49. The third-order valence-corrected chi connectivity index (χ3v) is 4.53. The van der Waals surface area contributed by atoms with E-state index < -0.39 is 0 Å². The first-order chi connectivity index (χ1) is 10.3. The van der Waals surface area contributed by atoms with Gasteiger partial charge >= 0.3 is 0 Å². The molecule has 2 heterocycles. The highest BCUT2D eigenvalue weighted by Crippen LogP contribution is 2.22. The number of nitrogens with zero attached hydrogens (tertiary/aromatic N) is 2. The van der Waals surface area contributed by atoms with Crippen molar-refractivity contribution < 1.29 is 4.79 Å². The molecule has 0 saturated carbocycles. The number of carbonyl (C=O) groups excluding carboxylic acids is 1. The van der Waals surface area contributed by atoms with Gasteiger partial charge in [0.1, 0.15) is 0 Å². The van der Waals surface area contributed by atoms with Crippen LogP contribution in [0.1, 0.15) is 37.7 Å². The standard InChI is InChI=1S/C18H24N2O/c1-19-14-15(16-9-3-4-10-17(16)19)8-7-11-18(21)20-12-5-2-6-13-20/h3-4,9-10,14H,2,5-8,11-13H2,1H3. The number of amides is 1. The van der Waals surface area contributed by atoms with Crippen LogP contribution in [0.3, 0.4) is 0 Å². The third kappa shape index (κ3) is 3.12. The van der Waals surface area contributed by atoms with E-state index in [1.54, 1.807) is 0 Å². The van der Waals surface area contributed by atoms with E-state index in [1.165, 1.54) is 35.7 Å². The Bertz CT molecular complexity index is 623. The highest BCUT2D eigenvalue weighted by molar-refractivity contribution is 5.84. The molecular formula is C18H24N2O. The number of hydrogen-bond donors (Lipinski definition) is 0. The van der Waals surface area contributed by atoms with Gasteiger partial charge in [-0.2, -0.15) is 0 Å². The number of fused-ring (bicyclic) bond motifs is 1.